The molecular formula is C14H23NO5. The molecule has 2 aliphatic heterocycles. The summed E-state index contributed by atoms with van der Waals surface area (Å²) in [5.74, 6) is -1.03. The molecule has 2 fully saturated rings. The maximum absolute atomic E-state index is 12.1. The Hall–Kier alpha value is -1.14. The fourth-order valence-corrected chi connectivity index (χ4v) is 2.78. The van der Waals surface area contributed by atoms with Crippen molar-refractivity contribution < 1.29 is 24.2 Å². The van der Waals surface area contributed by atoms with Crippen LogP contribution in [0, 0.1) is 0 Å². The third-order valence-electron chi connectivity index (χ3n) is 3.90. The molecule has 20 heavy (non-hydrogen) atoms. The van der Waals surface area contributed by atoms with Crippen molar-refractivity contribution in [1.29, 1.82) is 0 Å². The predicted molar refractivity (Wildman–Crippen MR) is 71.4 cm³/mol. The second-order valence-electron chi connectivity index (χ2n) is 5.40. The summed E-state index contributed by atoms with van der Waals surface area (Å²) in [6.07, 6.45) is 4.80. The number of aliphatic carboxylic acids is 1. The zero-order valence-corrected chi connectivity index (χ0v) is 11.8. The molecule has 1 amide bonds. The average molecular weight is 285 g/mol. The van der Waals surface area contributed by atoms with Crippen LogP contribution in [0.4, 0.5) is 0 Å². The molecule has 0 aromatic rings. The summed E-state index contributed by atoms with van der Waals surface area (Å²) in [5, 5.41) is 9.13. The molecule has 6 nitrogen and oxygen atoms in total. The molecule has 2 rings (SSSR count). The van der Waals surface area contributed by atoms with E-state index in [4.69, 9.17) is 14.6 Å². The highest BCUT2D eigenvalue weighted by atomic mass is 16.5. The van der Waals surface area contributed by atoms with Crippen molar-refractivity contribution in [2.45, 2.75) is 50.7 Å². The molecule has 2 heterocycles. The molecule has 1 N–H and O–H groups in total. The first kappa shape index (κ1) is 15.3. The molecule has 6 heteroatoms. The first-order chi connectivity index (χ1) is 9.68. The minimum absolute atomic E-state index is 0.121. The molecule has 2 aliphatic rings. The van der Waals surface area contributed by atoms with Crippen LogP contribution in [0.15, 0.2) is 0 Å². The Balaban J connectivity index is 1.68. The Labute approximate surface area is 119 Å². The number of nitrogens with zero attached hydrogens (tertiary/aromatic N) is 1. The predicted octanol–water partition coefficient (Wildman–Crippen LogP) is 1.04. The van der Waals surface area contributed by atoms with Crippen LogP contribution < -0.4 is 0 Å². The summed E-state index contributed by atoms with van der Waals surface area (Å²) in [7, 11) is 0. The van der Waals surface area contributed by atoms with Crippen molar-refractivity contribution in [2.75, 3.05) is 26.4 Å². The summed E-state index contributed by atoms with van der Waals surface area (Å²) in [6, 6.07) is -0.658. The van der Waals surface area contributed by atoms with E-state index in [0.29, 0.717) is 26.2 Å². The van der Waals surface area contributed by atoms with Crippen LogP contribution in [0.5, 0.6) is 0 Å². The van der Waals surface area contributed by atoms with E-state index < -0.39 is 12.0 Å². The van der Waals surface area contributed by atoms with E-state index in [1.54, 1.807) is 0 Å². The molecular weight excluding hydrogens is 262 g/mol. The zero-order chi connectivity index (χ0) is 14.4. The van der Waals surface area contributed by atoms with E-state index in [9.17, 15) is 9.59 Å². The van der Waals surface area contributed by atoms with Gasteiger partial charge in [-0.3, -0.25) is 4.79 Å². The smallest absolute Gasteiger partial charge is 0.326 e. The summed E-state index contributed by atoms with van der Waals surface area (Å²) >= 11 is 0. The molecule has 0 aromatic heterocycles. The quantitative estimate of drug-likeness (QED) is 0.738. The summed E-state index contributed by atoms with van der Waals surface area (Å²) in [5.41, 5.74) is 0. The van der Waals surface area contributed by atoms with Gasteiger partial charge in [-0.25, -0.2) is 4.79 Å². The number of amides is 1. The number of likely N-dealkylation sites (tertiary alicyclic amines) is 1. The molecule has 2 saturated heterocycles. The first-order valence-corrected chi connectivity index (χ1v) is 7.40. The minimum Gasteiger partial charge on any atom is -0.480 e. The monoisotopic (exact) mass is 285 g/mol. The number of hydrogen-bond acceptors (Lipinski definition) is 4. The maximum Gasteiger partial charge on any atom is 0.326 e. The number of rotatable bonds is 6. The van der Waals surface area contributed by atoms with Crippen LogP contribution >= 0.6 is 0 Å². The van der Waals surface area contributed by atoms with Crippen LogP contribution in [-0.2, 0) is 19.1 Å². The molecule has 0 aliphatic carbocycles. The van der Waals surface area contributed by atoms with E-state index in [2.05, 4.69) is 0 Å². The number of carbonyl (C=O) groups excluding carboxylic acids is 1. The lowest BCUT2D eigenvalue weighted by Crippen LogP contribution is -2.48. The fourth-order valence-electron chi connectivity index (χ4n) is 2.78. The second kappa shape index (κ2) is 7.59. The zero-order valence-electron chi connectivity index (χ0n) is 11.8. The van der Waals surface area contributed by atoms with Gasteiger partial charge in [0.1, 0.15) is 6.04 Å². The van der Waals surface area contributed by atoms with Gasteiger partial charge in [0.25, 0.3) is 0 Å². The standard InChI is InChI=1S/C14H23NO5/c16-13(6-9-19-10-11-4-3-8-20-11)15-7-2-1-5-12(15)14(17)18/h11-12H,1-10H2,(H,17,18). The number of piperidine rings is 1. The van der Waals surface area contributed by atoms with Crippen LogP contribution in [0.25, 0.3) is 0 Å². The molecule has 0 saturated carbocycles. The van der Waals surface area contributed by atoms with Crippen LogP contribution in [-0.4, -0.2) is 60.4 Å². The van der Waals surface area contributed by atoms with Gasteiger partial charge in [-0.15, -0.1) is 0 Å². The summed E-state index contributed by atoms with van der Waals surface area (Å²) < 4.78 is 10.9. The van der Waals surface area contributed by atoms with Crippen molar-refractivity contribution in [3.63, 3.8) is 0 Å². The molecule has 2 unspecified atom stereocenters. The molecule has 2 atom stereocenters. The molecule has 0 bridgehead atoms. The van der Waals surface area contributed by atoms with E-state index in [0.717, 1.165) is 32.3 Å². The van der Waals surface area contributed by atoms with Gasteiger partial charge in [-0.2, -0.15) is 0 Å². The Kier molecular flexibility index (Phi) is 5.79. The number of carbonyl (C=O) groups is 2. The van der Waals surface area contributed by atoms with E-state index in [1.165, 1.54) is 4.90 Å². The number of carboxylic acids is 1. The Morgan fingerprint density at radius 3 is 2.80 bits per heavy atom. The Bertz CT molecular complexity index is 340. The number of ether oxygens (including phenoxy) is 2. The van der Waals surface area contributed by atoms with Crippen molar-refractivity contribution in [2.24, 2.45) is 0 Å². The van der Waals surface area contributed by atoms with Gasteiger partial charge in [0.2, 0.25) is 5.91 Å². The largest absolute Gasteiger partial charge is 0.480 e. The van der Waals surface area contributed by atoms with Crippen molar-refractivity contribution in [3.05, 3.63) is 0 Å². The molecule has 0 spiro atoms. The van der Waals surface area contributed by atoms with Gasteiger partial charge in [0.05, 0.1) is 25.7 Å². The van der Waals surface area contributed by atoms with Crippen molar-refractivity contribution in [3.8, 4) is 0 Å². The van der Waals surface area contributed by atoms with E-state index in [-0.39, 0.29) is 18.4 Å². The summed E-state index contributed by atoms with van der Waals surface area (Å²) in [4.78, 5) is 24.7. The minimum atomic E-state index is -0.904. The SMILES string of the molecule is O=C(O)C1CCCCN1C(=O)CCOCC1CCCO1. The molecule has 0 radical (unpaired) electrons. The topological polar surface area (TPSA) is 76.1 Å². The van der Waals surface area contributed by atoms with Gasteiger partial charge >= 0.3 is 5.97 Å². The highest BCUT2D eigenvalue weighted by Gasteiger charge is 2.31. The molecule has 114 valence electrons. The lowest BCUT2D eigenvalue weighted by molar-refractivity contribution is -0.152. The van der Waals surface area contributed by atoms with Crippen molar-refractivity contribution >= 4 is 11.9 Å². The normalized spacial score (nSPS) is 26.7. The Morgan fingerprint density at radius 2 is 2.10 bits per heavy atom. The number of hydrogen-bond donors (Lipinski definition) is 1. The second-order valence-corrected chi connectivity index (χ2v) is 5.40. The lowest BCUT2D eigenvalue weighted by atomic mass is 10.0. The summed E-state index contributed by atoms with van der Waals surface area (Å²) in [6.45, 7) is 2.19. The van der Waals surface area contributed by atoms with Crippen LogP contribution in [0.3, 0.4) is 0 Å². The molecule has 0 aromatic carbocycles. The van der Waals surface area contributed by atoms with Gasteiger partial charge in [0, 0.05) is 13.2 Å². The van der Waals surface area contributed by atoms with E-state index >= 15 is 0 Å². The average Bonchev–Trinajstić information content (AvgIpc) is 2.96. The van der Waals surface area contributed by atoms with E-state index in [1.807, 2.05) is 0 Å². The first-order valence-electron chi connectivity index (χ1n) is 7.40. The maximum atomic E-state index is 12.1. The van der Waals surface area contributed by atoms with Crippen molar-refractivity contribution in [1.82, 2.24) is 4.90 Å². The lowest BCUT2D eigenvalue weighted by Gasteiger charge is -2.33. The third kappa shape index (κ3) is 4.18. The highest BCUT2D eigenvalue weighted by Crippen LogP contribution is 2.18. The fraction of sp³-hybridized carbons (Fsp3) is 0.857. The third-order valence-corrected chi connectivity index (χ3v) is 3.90. The van der Waals surface area contributed by atoms with Gasteiger partial charge in [0.15, 0.2) is 0 Å². The van der Waals surface area contributed by atoms with Gasteiger partial charge in [-0.05, 0) is 32.1 Å². The van der Waals surface area contributed by atoms with Crippen LogP contribution in [0.1, 0.15) is 38.5 Å². The van der Waals surface area contributed by atoms with Crippen LogP contribution in [0.2, 0.25) is 0 Å². The van der Waals surface area contributed by atoms with Gasteiger partial charge < -0.3 is 19.5 Å². The number of carboxylic acid groups (broad SMARTS) is 1. The van der Waals surface area contributed by atoms with Gasteiger partial charge in [-0.1, -0.05) is 0 Å². The highest BCUT2D eigenvalue weighted by molar-refractivity contribution is 5.83. The Morgan fingerprint density at radius 1 is 1.25 bits per heavy atom.